The number of ketones is 1. The third-order valence-corrected chi connectivity index (χ3v) is 11.3. The monoisotopic (exact) mass is 596 g/mol. The number of benzene rings is 2. The molecule has 6 atom stereocenters. The molecule has 1 N–H and O–H groups in total. The quantitative estimate of drug-likeness (QED) is 0.308. The van der Waals surface area contributed by atoms with Gasteiger partial charge in [0.05, 0.1) is 51.3 Å². The SMILES string of the molecule is COC(=O)[C@@H]1C[C@@]23CCC[N+]4(CC(=O)c5ccc(OC)c(OC)c5)CC[C@@]5(c6ccccc6N[C@]15CC2)[C@H]34.[Br-]. The van der Waals surface area contributed by atoms with E-state index in [1.165, 1.54) is 12.7 Å². The summed E-state index contributed by atoms with van der Waals surface area (Å²) in [6.45, 7) is 2.44. The van der Waals surface area contributed by atoms with Crippen molar-refractivity contribution in [2.45, 2.75) is 55.5 Å². The second kappa shape index (κ2) is 8.96. The summed E-state index contributed by atoms with van der Waals surface area (Å²) in [4.78, 5) is 27.4. The summed E-state index contributed by atoms with van der Waals surface area (Å²) >= 11 is 0. The van der Waals surface area contributed by atoms with Gasteiger partial charge in [0.25, 0.3) is 0 Å². The number of nitrogens with zero attached hydrogens (tertiary/aromatic N) is 1. The molecule has 3 heterocycles. The van der Waals surface area contributed by atoms with Crippen molar-refractivity contribution in [1.82, 2.24) is 0 Å². The lowest BCUT2D eigenvalue weighted by Crippen LogP contribution is -3.00. The summed E-state index contributed by atoms with van der Waals surface area (Å²) in [5.41, 5.74) is 2.67. The molecule has 3 aliphatic carbocycles. The number of methoxy groups -OCH3 is 3. The number of fused-ring (bicyclic) bond motifs is 3. The second-order valence-electron chi connectivity index (χ2n) is 12.3. The van der Waals surface area contributed by atoms with Gasteiger partial charge in [-0.05, 0) is 61.9 Å². The van der Waals surface area contributed by atoms with Crippen molar-refractivity contribution < 1.29 is 45.3 Å². The van der Waals surface area contributed by atoms with Crippen LogP contribution in [0.25, 0.3) is 0 Å². The maximum Gasteiger partial charge on any atom is 0.311 e. The van der Waals surface area contributed by atoms with Crippen molar-refractivity contribution in [2.75, 3.05) is 46.3 Å². The number of nitrogens with one attached hydrogen (secondary N) is 1. The molecule has 3 spiro atoms. The zero-order valence-corrected chi connectivity index (χ0v) is 24.5. The van der Waals surface area contributed by atoms with Gasteiger partial charge in [-0.1, -0.05) is 18.2 Å². The summed E-state index contributed by atoms with van der Waals surface area (Å²) < 4.78 is 17.2. The molecule has 2 saturated heterocycles. The van der Waals surface area contributed by atoms with E-state index in [0.29, 0.717) is 29.6 Å². The smallest absolute Gasteiger partial charge is 0.311 e. The van der Waals surface area contributed by atoms with E-state index >= 15 is 0 Å². The van der Waals surface area contributed by atoms with E-state index in [4.69, 9.17) is 14.2 Å². The number of Topliss-reactive ketones (excluding diaryl/α,β-unsaturated/α-hetero) is 1. The van der Waals surface area contributed by atoms with Gasteiger partial charge in [0.15, 0.2) is 11.5 Å². The molecule has 39 heavy (non-hydrogen) atoms. The highest BCUT2D eigenvalue weighted by atomic mass is 79.9. The largest absolute Gasteiger partial charge is 1.00 e. The highest BCUT2D eigenvalue weighted by Crippen LogP contribution is 2.75. The number of quaternary nitrogens is 1. The van der Waals surface area contributed by atoms with E-state index in [0.717, 1.165) is 61.8 Å². The normalized spacial score (nSPS) is 36.5. The van der Waals surface area contributed by atoms with Crippen LogP contribution in [0.2, 0.25) is 0 Å². The number of hydrogen-bond donors (Lipinski definition) is 1. The van der Waals surface area contributed by atoms with Gasteiger partial charge >= 0.3 is 5.97 Å². The number of anilines is 1. The lowest BCUT2D eigenvalue weighted by atomic mass is 9.38. The second-order valence-corrected chi connectivity index (χ2v) is 12.3. The number of para-hydroxylation sites is 1. The first-order valence-corrected chi connectivity index (χ1v) is 14.0. The Morgan fingerprint density at radius 2 is 1.77 bits per heavy atom. The topological polar surface area (TPSA) is 73.9 Å². The van der Waals surface area contributed by atoms with Crippen molar-refractivity contribution in [3.05, 3.63) is 53.6 Å². The molecule has 1 unspecified atom stereocenters. The Balaban J connectivity index is 0.00000277. The Bertz CT molecular complexity index is 1350. The van der Waals surface area contributed by atoms with Crippen LogP contribution in [0.5, 0.6) is 11.5 Å². The summed E-state index contributed by atoms with van der Waals surface area (Å²) in [6.07, 6.45) is 6.10. The van der Waals surface area contributed by atoms with E-state index in [1.54, 1.807) is 14.2 Å². The molecule has 0 radical (unpaired) electrons. The van der Waals surface area contributed by atoms with Crippen LogP contribution in [0.3, 0.4) is 0 Å². The Hall–Kier alpha value is -2.58. The average molecular weight is 598 g/mol. The van der Waals surface area contributed by atoms with Gasteiger partial charge in [0.2, 0.25) is 5.78 Å². The van der Waals surface area contributed by atoms with Gasteiger partial charge in [0, 0.05) is 23.1 Å². The number of ether oxygens (including phenoxy) is 3. The zero-order chi connectivity index (χ0) is 26.3. The van der Waals surface area contributed by atoms with E-state index in [1.807, 2.05) is 18.2 Å². The van der Waals surface area contributed by atoms with Crippen molar-refractivity contribution in [3.63, 3.8) is 0 Å². The van der Waals surface area contributed by atoms with Crippen LogP contribution in [0.15, 0.2) is 42.5 Å². The van der Waals surface area contributed by atoms with Gasteiger partial charge in [0.1, 0.15) is 12.6 Å². The molecule has 208 valence electrons. The maximum absolute atomic E-state index is 14.0. The van der Waals surface area contributed by atoms with Gasteiger partial charge in [-0.3, -0.25) is 9.59 Å². The van der Waals surface area contributed by atoms with Crippen LogP contribution in [0.1, 0.15) is 54.4 Å². The molecule has 3 saturated carbocycles. The number of hydrogen-bond acceptors (Lipinski definition) is 6. The van der Waals surface area contributed by atoms with Crippen LogP contribution in [-0.4, -0.2) is 68.8 Å². The molecule has 2 aromatic carbocycles. The lowest BCUT2D eigenvalue weighted by Gasteiger charge is -2.69. The Labute approximate surface area is 240 Å². The first-order valence-electron chi connectivity index (χ1n) is 14.0. The highest BCUT2D eigenvalue weighted by Gasteiger charge is 2.83. The van der Waals surface area contributed by atoms with Crippen LogP contribution in [0.4, 0.5) is 5.69 Å². The molecule has 8 rings (SSSR count). The van der Waals surface area contributed by atoms with Gasteiger partial charge in [-0.2, -0.15) is 0 Å². The molecule has 2 bridgehead atoms. The molecule has 2 aromatic rings. The van der Waals surface area contributed by atoms with E-state index in [2.05, 4.69) is 29.6 Å². The maximum atomic E-state index is 14.0. The molecular formula is C31H37BrN2O5. The fourth-order valence-corrected chi connectivity index (χ4v) is 10.2. The number of carbonyl (C=O) groups excluding carboxylic acids is 2. The van der Waals surface area contributed by atoms with Crippen LogP contribution in [-0.2, 0) is 14.9 Å². The van der Waals surface area contributed by atoms with Crippen molar-refractivity contribution in [2.24, 2.45) is 11.3 Å². The predicted molar refractivity (Wildman–Crippen MR) is 143 cm³/mol. The number of halogens is 1. The number of piperidine rings is 1. The number of rotatable bonds is 6. The molecule has 3 aliphatic heterocycles. The van der Waals surface area contributed by atoms with E-state index in [-0.39, 0.29) is 51.0 Å². The summed E-state index contributed by atoms with van der Waals surface area (Å²) in [7, 11) is 4.74. The highest BCUT2D eigenvalue weighted by molar-refractivity contribution is 5.97. The van der Waals surface area contributed by atoms with Gasteiger partial charge in [-0.15, -0.1) is 0 Å². The van der Waals surface area contributed by atoms with Gasteiger partial charge in [-0.25, -0.2) is 0 Å². The summed E-state index contributed by atoms with van der Waals surface area (Å²) in [5.74, 6) is 1.10. The fraction of sp³-hybridized carbons (Fsp3) is 0.548. The molecule has 0 amide bonds. The Kier molecular flexibility index (Phi) is 6.12. The minimum Gasteiger partial charge on any atom is -1.00 e. The lowest BCUT2D eigenvalue weighted by molar-refractivity contribution is -0.949. The van der Waals surface area contributed by atoms with Crippen molar-refractivity contribution in [1.29, 1.82) is 0 Å². The summed E-state index contributed by atoms with van der Waals surface area (Å²) in [5, 5.41) is 3.95. The fourth-order valence-electron chi connectivity index (χ4n) is 10.2. The van der Waals surface area contributed by atoms with Crippen LogP contribution < -0.4 is 31.8 Å². The summed E-state index contributed by atoms with van der Waals surface area (Å²) in [6, 6.07) is 14.5. The first-order chi connectivity index (χ1) is 18.4. The predicted octanol–water partition coefficient (Wildman–Crippen LogP) is 1.35. The molecule has 7 nitrogen and oxygen atoms in total. The van der Waals surface area contributed by atoms with Crippen molar-refractivity contribution in [3.8, 4) is 11.5 Å². The van der Waals surface area contributed by atoms with Crippen molar-refractivity contribution >= 4 is 17.4 Å². The minimum atomic E-state index is -0.361. The molecule has 0 aromatic heterocycles. The van der Waals surface area contributed by atoms with E-state index in [9.17, 15) is 9.59 Å². The van der Waals surface area contributed by atoms with Gasteiger partial charge < -0.3 is 41.0 Å². The molecule has 8 heteroatoms. The first kappa shape index (κ1) is 26.6. The molecule has 5 fully saturated rings. The molecule has 6 aliphatic rings. The van der Waals surface area contributed by atoms with Crippen LogP contribution >= 0.6 is 0 Å². The Morgan fingerprint density at radius 1 is 0.974 bits per heavy atom. The zero-order valence-electron chi connectivity index (χ0n) is 22.9. The number of carbonyl (C=O) groups is 2. The number of esters is 1. The standard InChI is InChI=1S/C31H37N2O5.BrH/c1-36-25-10-9-20(17-26(25)37-2)24(34)19-33-15-6-11-29-12-13-31(22(18-29)27(35)38-3)30(14-16-33,28(29)33)21-7-4-5-8-23(21)32-31;/h4-5,7-10,17,22,28,32H,6,11-16,18-19H2,1-3H3;1H/q+1;/p-1/t22-,28-,29+,30+,31+,33?;/m0./s1. The van der Waals surface area contributed by atoms with Crippen LogP contribution in [0, 0.1) is 11.3 Å². The third-order valence-electron chi connectivity index (χ3n) is 11.3. The minimum absolute atomic E-state index is 0. The average Bonchev–Trinajstić information content (AvgIpc) is 3.46. The van der Waals surface area contributed by atoms with E-state index < -0.39 is 0 Å². The molecular weight excluding hydrogens is 560 g/mol. The third kappa shape index (κ3) is 3.19. The Morgan fingerprint density at radius 3 is 2.54 bits per heavy atom.